The molecule has 0 aliphatic carbocycles. The Morgan fingerprint density at radius 3 is 2.89 bits per heavy atom. The van der Waals surface area contributed by atoms with Gasteiger partial charge in [-0.3, -0.25) is 4.79 Å². The molecule has 1 aliphatic heterocycles. The molecule has 19 heavy (non-hydrogen) atoms. The molecule has 0 bridgehead atoms. The van der Waals surface area contributed by atoms with E-state index in [-0.39, 0.29) is 11.9 Å². The maximum Gasteiger partial charge on any atom is 0.258 e. The predicted octanol–water partition coefficient (Wildman–Crippen LogP) is 2.24. The summed E-state index contributed by atoms with van der Waals surface area (Å²) in [6.45, 7) is 5.02. The van der Waals surface area contributed by atoms with Crippen molar-refractivity contribution in [2.24, 2.45) is 0 Å². The molecule has 0 aromatic heterocycles. The second-order valence-corrected chi connectivity index (χ2v) is 6.26. The van der Waals surface area contributed by atoms with Crippen molar-refractivity contribution in [1.29, 1.82) is 0 Å². The summed E-state index contributed by atoms with van der Waals surface area (Å²) in [5.74, 6) is 1.56. The molecule has 2 rings (SSSR count). The van der Waals surface area contributed by atoms with Crippen molar-refractivity contribution in [2.75, 3.05) is 25.1 Å². The van der Waals surface area contributed by atoms with Crippen LogP contribution in [0.5, 0.6) is 5.75 Å². The van der Waals surface area contributed by atoms with Gasteiger partial charge in [-0.1, -0.05) is 6.92 Å². The number of thioether (sulfide) groups is 1. The van der Waals surface area contributed by atoms with Crippen molar-refractivity contribution >= 4 is 23.4 Å². The quantitative estimate of drug-likeness (QED) is 0.844. The number of benzene rings is 1. The van der Waals surface area contributed by atoms with Crippen molar-refractivity contribution in [1.82, 2.24) is 4.90 Å². The van der Waals surface area contributed by atoms with Gasteiger partial charge in [0.1, 0.15) is 5.75 Å². The number of carbonyl (C=O) groups excluding carboxylic acids is 1. The molecule has 1 saturated heterocycles. The lowest BCUT2D eigenvalue weighted by molar-refractivity contribution is 0.0695. The van der Waals surface area contributed by atoms with Crippen molar-refractivity contribution in [3.63, 3.8) is 0 Å². The van der Waals surface area contributed by atoms with Crippen LogP contribution in [0.2, 0.25) is 0 Å². The largest absolute Gasteiger partial charge is 0.496 e. The molecule has 2 unspecified atom stereocenters. The number of nitrogens with two attached hydrogens (primary N) is 1. The lowest BCUT2D eigenvalue weighted by Gasteiger charge is -2.37. The normalized spacial score (nSPS) is 23.2. The second-order valence-electron chi connectivity index (χ2n) is 4.77. The van der Waals surface area contributed by atoms with E-state index in [4.69, 9.17) is 10.5 Å². The Balaban J connectivity index is 2.30. The highest BCUT2D eigenvalue weighted by molar-refractivity contribution is 8.00. The number of hydrogen-bond donors (Lipinski definition) is 1. The summed E-state index contributed by atoms with van der Waals surface area (Å²) in [5, 5.41) is 0.449. The molecule has 0 saturated carbocycles. The molecule has 1 aliphatic rings. The molecule has 2 atom stereocenters. The van der Waals surface area contributed by atoms with Crippen LogP contribution in [0, 0.1) is 0 Å². The van der Waals surface area contributed by atoms with Gasteiger partial charge in [0.25, 0.3) is 5.91 Å². The molecule has 5 heteroatoms. The summed E-state index contributed by atoms with van der Waals surface area (Å²) in [6.07, 6.45) is 0. The highest BCUT2D eigenvalue weighted by Crippen LogP contribution is 2.29. The lowest BCUT2D eigenvalue weighted by atomic mass is 10.1. The number of rotatable bonds is 2. The van der Waals surface area contributed by atoms with Gasteiger partial charge in [-0.15, -0.1) is 0 Å². The molecule has 0 radical (unpaired) electrons. The average molecular weight is 280 g/mol. The third-order valence-electron chi connectivity index (χ3n) is 3.60. The smallest absolute Gasteiger partial charge is 0.258 e. The van der Waals surface area contributed by atoms with Gasteiger partial charge in [-0.05, 0) is 25.1 Å². The topological polar surface area (TPSA) is 55.6 Å². The van der Waals surface area contributed by atoms with E-state index >= 15 is 0 Å². The molecular formula is C14H20N2O2S. The van der Waals surface area contributed by atoms with Crippen molar-refractivity contribution < 1.29 is 9.53 Å². The summed E-state index contributed by atoms with van der Waals surface area (Å²) >= 11 is 1.91. The lowest BCUT2D eigenvalue weighted by Crippen LogP contribution is -2.48. The number of nitrogens with zero attached hydrogens (tertiary/aromatic N) is 1. The zero-order valence-corrected chi connectivity index (χ0v) is 12.4. The van der Waals surface area contributed by atoms with Crippen LogP contribution in [0.1, 0.15) is 24.2 Å². The number of ether oxygens (including phenoxy) is 1. The van der Waals surface area contributed by atoms with E-state index < -0.39 is 0 Å². The van der Waals surface area contributed by atoms with Crippen LogP contribution in [0.25, 0.3) is 0 Å². The Labute approximate surface area is 118 Å². The second kappa shape index (κ2) is 5.74. The van der Waals surface area contributed by atoms with Gasteiger partial charge < -0.3 is 15.4 Å². The van der Waals surface area contributed by atoms with Crippen LogP contribution in [0.4, 0.5) is 5.69 Å². The summed E-state index contributed by atoms with van der Waals surface area (Å²) in [6, 6.07) is 5.40. The summed E-state index contributed by atoms with van der Waals surface area (Å²) < 4.78 is 5.27. The van der Waals surface area contributed by atoms with E-state index in [0.717, 1.165) is 12.3 Å². The van der Waals surface area contributed by atoms with E-state index in [1.807, 2.05) is 16.7 Å². The first-order valence-electron chi connectivity index (χ1n) is 6.40. The van der Waals surface area contributed by atoms with Gasteiger partial charge in [0.2, 0.25) is 0 Å². The summed E-state index contributed by atoms with van der Waals surface area (Å²) in [7, 11) is 1.57. The molecule has 0 spiro atoms. The van der Waals surface area contributed by atoms with Gasteiger partial charge >= 0.3 is 0 Å². The van der Waals surface area contributed by atoms with Crippen molar-refractivity contribution in [3.8, 4) is 5.75 Å². The first-order chi connectivity index (χ1) is 9.04. The third kappa shape index (κ3) is 2.81. The van der Waals surface area contributed by atoms with E-state index in [9.17, 15) is 4.79 Å². The fraction of sp³-hybridized carbons (Fsp3) is 0.500. The van der Waals surface area contributed by atoms with Gasteiger partial charge in [-0.25, -0.2) is 0 Å². The fourth-order valence-electron chi connectivity index (χ4n) is 2.27. The monoisotopic (exact) mass is 280 g/mol. The molecule has 104 valence electrons. The first kappa shape index (κ1) is 14.1. The number of anilines is 1. The van der Waals surface area contributed by atoms with E-state index in [1.165, 1.54) is 0 Å². The molecular weight excluding hydrogens is 260 g/mol. The molecule has 4 nitrogen and oxygen atoms in total. The molecule has 1 aromatic rings. The molecule has 1 heterocycles. The minimum Gasteiger partial charge on any atom is -0.496 e. The molecule has 1 aromatic carbocycles. The van der Waals surface area contributed by atoms with Crippen LogP contribution in [-0.4, -0.2) is 41.5 Å². The number of methoxy groups -OCH3 is 1. The summed E-state index contributed by atoms with van der Waals surface area (Å²) in [4.78, 5) is 14.6. The zero-order chi connectivity index (χ0) is 14.0. The Morgan fingerprint density at radius 1 is 1.47 bits per heavy atom. The molecule has 1 fully saturated rings. The van der Waals surface area contributed by atoms with Gasteiger partial charge in [0.05, 0.1) is 12.7 Å². The van der Waals surface area contributed by atoms with Gasteiger partial charge in [-0.2, -0.15) is 11.8 Å². The fourth-order valence-corrected chi connectivity index (χ4v) is 3.37. The maximum atomic E-state index is 12.7. The van der Waals surface area contributed by atoms with Crippen LogP contribution in [-0.2, 0) is 0 Å². The zero-order valence-electron chi connectivity index (χ0n) is 11.6. The first-order valence-corrected chi connectivity index (χ1v) is 7.45. The third-order valence-corrected chi connectivity index (χ3v) is 4.94. The van der Waals surface area contributed by atoms with Crippen LogP contribution in [0.15, 0.2) is 18.2 Å². The Bertz CT molecular complexity index is 479. The number of amides is 1. The SMILES string of the molecule is COc1ccc(N)cc1C(=O)N1CCSC(C)C1C. The Kier molecular flexibility index (Phi) is 4.24. The molecule has 1 amide bonds. The van der Waals surface area contributed by atoms with E-state index in [0.29, 0.717) is 22.3 Å². The Hall–Kier alpha value is -1.36. The summed E-state index contributed by atoms with van der Waals surface area (Å²) in [5.41, 5.74) is 6.91. The number of carbonyl (C=O) groups is 1. The number of nitrogen functional groups attached to an aromatic ring is 1. The standard InChI is InChI=1S/C14H20N2O2S/c1-9-10(2)19-7-6-16(9)14(17)12-8-11(15)4-5-13(12)18-3/h4-5,8-10H,6-7,15H2,1-3H3. The van der Waals surface area contributed by atoms with Crippen LogP contribution >= 0.6 is 11.8 Å². The highest BCUT2D eigenvalue weighted by Gasteiger charge is 2.30. The van der Waals surface area contributed by atoms with E-state index in [2.05, 4.69) is 13.8 Å². The highest BCUT2D eigenvalue weighted by atomic mass is 32.2. The van der Waals surface area contributed by atoms with Crippen LogP contribution < -0.4 is 10.5 Å². The minimum atomic E-state index is 0.00352. The van der Waals surface area contributed by atoms with Gasteiger partial charge in [0, 0.05) is 29.3 Å². The van der Waals surface area contributed by atoms with Gasteiger partial charge in [0.15, 0.2) is 0 Å². The molecule has 2 N–H and O–H groups in total. The number of hydrogen-bond acceptors (Lipinski definition) is 4. The minimum absolute atomic E-state index is 0.00352. The Morgan fingerprint density at radius 2 is 2.21 bits per heavy atom. The maximum absolute atomic E-state index is 12.7. The van der Waals surface area contributed by atoms with E-state index in [1.54, 1.807) is 25.3 Å². The predicted molar refractivity (Wildman–Crippen MR) is 79.8 cm³/mol. The van der Waals surface area contributed by atoms with Crippen molar-refractivity contribution in [2.45, 2.75) is 25.1 Å². The van der Waals surface area contributed by atoms with Crippen molar-refractivity contribution in [3.05, 3.63) is 23.8 Å². The van der Waals surface area contributed by atoms with Crippen LogP contribution in [0.3, 0.4) is 0 Å². The average Bonchev–Trinajstić information content (AvgIpc) is 2.41.